The van der Waals surface area contributed by atoms with Crippen LogP contribution in [-0.4, -0.2) is 15.9 Å². The molecule has 0 spiro atoms. The van der Waals surface area contributed by atoms with E-state index in [1.807, 2.05) is 0 Å². The molecule has 5 heteroatoms. The summed E-state index contributed by atoms with van der Waals surface area (Å²) in [6.07, 6.45) is 1.54. The molecule has 0 aliphatic rings. The fraction of sp³-hybridized carbons (Fsp3) is 0. The Morgan fingerprint density at radius 1 is 1.43 bits per heavy atom. The molecule has 0 aromatic carbocycles. The summed E-state index contributed by atoms with van der Waals surface area (Å²) in [6, 6.07) is 4.96. The van der Waals surface area contributed by atoms with E-state index in [-0.39, 0.29) is 5.69 Å². The fourth-order valence-corrected chi connectivity index (χ4v) is 1.28. The zero-order valence-electron chi connectivity index (χ0n) is 7.07. The first-order chi connectivity index (χ1) is 6.66. The van der Waals surface area contributed by atoms with E-state index in [1.54, 1.807) is 18.3 Å². The van der Waals surface area contributed by atoms with Crippen molar-refractivity contribution in [1.29, 1.82) is 0 Å². The van der Waals surface area contributed by atoms with Crippen molar-refractivity contribution in [3.63, 3.8) is 0 Å². The van der Waals surface area contributed by atoms with Gasteiger partial charge in [-0.05, 0) is 18.2 Å². The van der Waals surface area contributed by atoms with E-state index in [2.05, 4.69) is 9.97 Å². The van der Waals surface area contributed by atoms with Crippen molar-refractivity contribution in [2.24, 2.45) is 5.73 Å². The number of pyridine rings is 2. The summed E-state index contributed by atoms with van der Waals surface area (Å²) in [5, 5.41) is 1.19. The molecule has 70 valence electrons. The van der Waals surface area contributed by atoms with Gasteiger partial charge in [-0.15, -0.1) is 0 Å². The average molecular weight is 208 g/mol. The van der Waals surface area contributed by atoms with Gasteiger partial charge in [-0.3, -0.25) is 9.78 Å². The topological polar surface area (TPSA) is 68.9 Å². The van der Waals surface area contributed by atoms with Gasteiger partial charge >= 0.3 is 0 Å². The Morgan fingerprint density at radius 2 is 2.21 bits per heavy atom. The third-order valence-corrected chi connectivity index (χ3v) is 2.00. The molecule has 2 heterocycles. The lowest BCUT2D eigenvalue weighted by Crippen LogP contribution is -2.12. The van der Waals surface area contributed by atoms with E-state index < -0.39 is 5.91 Å². The smallest absolute Gasteiger partial charge is 0.267 e. The van der Waals surface area contributed by atoms with Gasteiger partial charge in [0.15, 0.2) is 0 Å². The second-order valence-corrected chi connectivity index (χ2v) is 3.15. The summed E-state index contributed by atoms with van der Waals surface area (Å²) in [6.45, 7) is 0. The number of aromatic nitrogens is 2. The molecule has 0 aliphatic heterocycles. The standard InChI is InChI=1S/C9H6ClN3O/c10-8-2-1-5-4-12-7(9(11)14)3-6(5)13-8/h1-4H,(H2,11,14). The lowest BCUT2D eigenvalue weighted by atomic mass is 10.2. The van der Waals surface area contributed by atoms with Gasteiger partial charge in [0.05, 0.1) is 5.52 Å². The molecule has 2 aromatic heterocycles. The molecule has 2 aromatic rings. The molecule has 0 radical (unpaired) electrons. The molecule has 4 nitrogen and oxygen atoms in total. The maximum absolute atomic E-state index is 10.8. The number of hydrogen-bond donors (Lipinski definition) is 1. The minimum atomic E-state index is -0.575. The maximum Gasteiger partial charge on any atom is 0.267 e. The summed E-state index contributed by atoms with van der Waals surface area (Å²) >= 11 is 5.70. The normalized spacial score (nSPS) is 10.4. The number of amides is 1. The van der Waals surface area contributed by atoms with Gasteiger partial charge in [-0.1, -0.05) is 11.6 Å². The maximum atomic E-state index is 10.8. The first-order valence-electron chi connectivity index (χ1n) is 3.89. The SMILES string of the molecule is NC(=O)c1cc2nc(Cl)ccc2cn1. The van der Waals surface area contributed by atoms with Crippen LogP contribution in [0.5, 0.6) is 0 Å². The Labute approximate surface area is 84.7 Å². The number of nitrogens with zero attached hydrogens (tertiary/aromatic N) is 2. The highest BCUT2D eigenvalue weighted by molar-refractivity contribution is 6.29. The highest BCUT2D eigenvalue weighted by atomic mass is 35.5. The predicted octanol–water partition coefficient (Wildman–Crippen LogP) is 1.38. The van der Waals surface area contributed by atoms with Gasteiger partial charge in [0, 0.05) is 11.6 Å². The van der Waals surface area contributed by atoms with Gasteiger partial charge in [-0.2, -0.15) is 0 Å². The Bertz CT molecular complexity index is 512. The molecule has 0 atom stereocenters. The van der Waals surface area contributed by atoms with E-state index in [1.165, 1.54) is 6.07 Å². The van der Waals surface area contributed by atoms with E-state index in [0.717, 1.165) is 5.39 Å². The van der Waals surface area contributed by atoms with Crippen LogP contribution < -0.4 is 5.73 Å². The number of primary amides is 1. The van der Waals surface area contributed by atoms with Crippen molar-refractivity contribution in [2.75, 3.05) is 0 Å². The van der Waals surface area contributed by atoms with Crippen molar-refractivity contribution in [3.8, 4) is 0 Å². The number of carbonyl (C=O) groups excluding carboxylic acids is 1. The van der Waals surface area contributed by atoms with E-state index >= 15 is 0 Å². The average Bonchev–Trinajstić information content (AvgIpc) is 2.16. The second-order valence-electron chi connectivity index (χ2n) is 2.76. The van der Waals surface area contributed by atoms with Crippen molar-refractivity contribution < 1.29 is 4.79 Å². The number of hydrogen-bond acceptors (Lipinski definition) is 3. The summed E-state index contributed by atoms with van der Waals surface area (Å²) in [4.78, 5) is 18.7. The van der Waals surface area contributed by atoms with Gasteiger partial charge in [-0.25, -0.2) is 4.98 Å². The van der Waals surface area contributed by atoms with E-state index in [4.69, 9.17) is 17.3 Å². The van der Waals surface area contributed by atoms with Crippen LogP contribution in [0.25, 0.3) is 10.9 Å². The molecular weight excluding hydrogens is 202 g/mol. The quantitative estimate of drug-likeness (QED) is 0.719. The molecule has 0 aliphatic carbocycles. The molecule has 14 heavy (non-hydrogen) atoms. The van der Waals surface area contributed by atoms with Crippen LogP contribution in [-0.2, 0) is 0 Å². The van der Waals surface area contributed by atoms with Crippen LogP contribution in [0.15, 0.2) is 24.4 Å². The number of halogens is 1. The van der Waals surface area contributed by atoms with Gasteiger partial charge < -0.3 is 5.73 Å². The zero-order valence-corrected chi connectivity index (χ0v) is 7.82. The molecule has 2 N–H and O–H groups in total. The molecule has 0 saturated heterocycles. The number of fused-ring (bicyclic) bond motifs is 1. The number of rotatable bonds is 1. The first kappa shape index (κ1) is 8.90. The monoisotopic (exact) mass is 207 g/mol. The van der Waals surface area contributed by atoms with Gasteiger partial charge in [0.1, 0.15) is 10.8 Å². The van der Waals surface area contributed by atoms with Crippen LogP contribution in [0.4, 0.5) is 0 Å². The summed E-state index contributed by atoms with van der Waals surface area (Å²) < 4.78 is 0. The lowest BCUT2D eigenvalue weighted by molar-refractivity contribution is 0.0996. The van der Waals surface area contributed by atoms with Crippen LogP contribution in [0.3, 0.4) is 0 Å². The Morgan fingerprint density at radius 3 is 2.93 bits per heavy atom. The van der Waals surface area contributed by atoms with Crippen LogP contribution >= 0.6 is 11.6 Å². The molecule has 0 unspecified atom stereocenters. The molecule has 0 bridgehead atoms. The van der Waals surface area contributed by atoms with Crippen molar-refractivity contribution in [1.82, 2.24) is 9.97 Å². The fourth-order valence-electron chi connectivity index (χ4n) is 1.13. The Kier molecular flexibility index (Phi) is 2.05. The molecule has 2 rings (SSSR count). The van der Waals surface area contributed by atoms with Crippen molar-refractivity contribution >= 4 is 28.4 Å². The van der Waals surface area contributed by atoms with Crippen LogP contribution in [0.2, 0.25) is 5.15 Å². The molecule has 1 amide bonds. The number of carbonyl (C=O) groups is 1. The van der Waals surface area contributed by atoms with Crippen LogP contribution in [0, 0.1) is 0 Å². The van der Waals surface area contributed by atoms with Crippen molar-refractivity contribution in [2.45, 2.75) is 0 Å². The first-order valence-corrected chi connectivity index (χ1v) is 4.27. The third-order valence-electron chi connectivity index (χ3n) is 1.79. The van der Waals surface area contributed by atoms with E-state index in [9.17, 15) is 4.79 Å². The second kappa shape index (κ2) is 3.23. The van der Waals surface area contributed by atoms with E-state index in [0.29, 0.717) is 10.7 Å². The molecule has 0 fully saturated rings. The minimum Gasteiger partial charge on any atom is -0.364 e. The highest BCUT2D eigenvalue weighted by Gasteiger charge is 2.04. The number of nitrogens with two attached hydrogens (primary N) is 1. The van der Waals surface area contributed by atoms with Gasteiger partial charge in [0.2, 0.25) is 0 Å². The molecule has 0 saturated carbocycles. The summed E-state index contributed by atoms with van der Waals surface area (Å²) in [5.74, 6) is -0.575. The summed E-state index contributed by atoms with van der Waals surface area (Å²) in [7, 11) is 0. The largest absolute Gasteiger partial charge is 0.364 e. The van der Waals surface area contributed by atoms with Gasteiger partial charge in [0.25, 0.3) is 5.91 Å². The molecular formula is C9H6ClN3O. The Balaban J connectivity index is 2.69. The minimum absolute atomic E-state index is 0.187. The Hall–Kier alpha value is -1.68. The predicted molar refractivity (Wildman–Crippen MR) is 53.1 cm³/mol. The lowest BCUT2D eigenvalue weighted by Gasteiger charge is -1.98. The van der Waals surface area contributed by atoms with Crippen LogP contribution in [0.1, 0.15) is 10.5 Å². The highest BCUT2D eigenvalue weighted by Crippen LogP contribution is 2.14. The van der Waals surface area contributed by atoms with Crippen molar-refractivity contribution in [3.05, 3.63) is 35.2 Å². The zero-order chi connectivity index (χ0) is 10.1. The third kappa shape index (κ3) is 1.52. The summed E-state index contributed by atoms with van der Waals surface area (Å²) in [5.41, 5.74) is 5.88.